The van der Waals surface area contributed by atoms with Gasteiger partial charge in [0.2, 0.25) is 0 Å². The van der Waals surface area contributed by atoms with Crippen LogP contribution < -0.4 is 15.4 Å². The topological polar surface area (TPSA) is 92.3 Å². The van der Waals surface area contributed by atoms with Gasteiger partial charge in [0.15, 0.2) is 11.5 Å². The Morgan fingerprint density at radius 1 is 1.22 bits per heavy atom. The molecule has 0 unspecified atom stereocenters. The number of benzene rings is 1. The lowest BCUT2D eigenvalue weighted by Crippen LogP contribution is -2.31. The lowest BCUT2D eigenvalue weighted by molar-refractivity contribution is -0.118. The van der Waals surface area contributed by atoms with Gasteiger partial charge >= 0.3 is 6.01 Å². The number of rotatable bonds is 9. The first-order chi connectivity index (χ1) is 17.5. The Morgan fingerprint density at radius 2 is 2.11 bits per heavy atom. The van der Waals surface area contributed by atoms with Gasteiger partial charge in [-0.25, -0.2) is 9.37 Å². The number of nitrogens with one attached hydrogen (secondary N) is 2. The van der Waals surface area contributed by atoms with Crippen LogP contribution in [0, 0.1) is 0 Å². The van der Waals surface area contributed by atoms with Crippen LogP contribution in [-0.4, -0.2) is 65.1 Å². The van der Waals surface area contributed by atoms with E-state index in [9.17, 15) is 9.18 Å². The molecular formula is C26H27FN6O2S. The maximum Gasteiger partial charge on any atom is 0.320 e. The number of carbonyl (C=O) groups is 1. The number of aromatic nitrogens is 3. The van der Waals surface area contributed by atoms with Gasteiger partial charge in [-0.15, -0.1) is 11.3 Å². The highest BCUT2D eigenvalue weighted by Crippen LogP contribution is 2.33. The Labute approximate surface area is 212 Å². The van der Waals surface area contributed by atoms with E-state index in [0.29, 0.717) is 30.7 Å². The number of likely N-dealkylation sites (tertiary alicyclic amines) is 1. The number of anilines is 1. The molecule has 0 radical (unpaired) electrons. The summed E-state index contributed by atoms with van der Waals surface area (Å²) < 4.78 is 20.1. The predicted octanol–water partition coefficient (Wildman–Crippen LogP) is 4.39. The molecular weight excluding hydrogens is 479 g/mol. The van der Waals surface area contributed by atoms with Gasteiger partial charge in [-0.1, -0.05) is 24.8 Å². The Balaban J connectivity index is 1.44. The monoisotopic (exact) mass is 506 g/mol. The molecule has 0 spiro atoms. The SMILES string of the molecule is C=C(F)C(=O)NCCNc1nc(OC[C@@H]2CCCN2C)nc2nc(-c3cccc4ccsc34)ccc12. The lowest BCUT2D eigenvalue weighted by atomic mass is 10.1. The van der Waals surface area contributed by atoms with Crippen molar-refractivity contribution < 1.29 is 13.9 Å². The van der Waals surface area contributed by atoms with Gasteiger partial charge in [0.25, 0.3) is 5.91 Å². The summed E-state index contributed by atoms with van der Waals surface area (Å²) >= 11 is 1.68. The fourth-order valence-electron chi connectivity index (χ4n) is 4.35. The molecule has 1 atom stereocenters. The van der Waals surface area contributed by atoms with Gasteiger partial charge in [-0.05, 0) is 55.4 Å². The molecule has 8 nitrogen and oxygen atoms in total. The van der Waals surface area contributed by atoms with Crippen molar-refractivity contribution in [1.82, 2.24) is 25.2 Å². The average molecular weight is 507 g/mol. The molecule has 1 saturated heterocycles. The third-order valence-corrected chi connectivity index (χ3v) is 7.28. The molecule has 4 heterocycles. The third-order valence-electron chi connectivity index (χ3n) is 6.32. The van der Waals surface area contributed by atoms with E-state index in [1.54, 1.807) is 11.3 Å². The minimum absolute atomic E-state index is 0.197. The van der Waals surface area contributed by atoms with Crippen LogP contribution in [0.5, 0.6) is 6.01 Å². The fraction of sp³-hybridized carbons (Fsp3) is 0.308. The van der Waals surface area contributed by atoms with Crippen molar-refractivity contribution in [3.8, 4) is 17.3 Å². The lowest BCUT2D eigenvalue weighted by Gasteiger charge is -2.19. The van der Waals surface area contributed by atoms with Crippen LogP contribution in [0.4, 0.5) is 10.2 Å². The molecule has 0 saturated carbocycles. The molecule has 2 N–H and O–H groups in total. The van der Waals surface area contributed by atoms with Gasteiger partial charge in [0, 0.05) is 29.4 Å². The number of likely N-dealkylation sites (N-methyl/N-ethyl adjacent to an activating group) is 1. The van der Waals surface area contributed by atoms with Crippen LogP contribution >= 0.6 is 11.3 Å². The van der Waals surface area contributed by atoms with Gasteiger partial charge in [-0.2, -0.15) is 9.97 Å². The third kappa shape index (κ3) is 5.14. The number of halogens is 1. The predicted molar refractivity (Wildman–Crippen MR) is 141 cm³/mol. The minimum atomic E-state index is -1.02. The van der Waals surface area contributed by atoms with Crippen LogP contribution in [0.1, 0.15) is 12.8 Å². The molecule has 1 fully saturated rings. The second-order valence-electron chi connectivity index (χ2n) is 8.74. The zero-order valence-electron chi connectivity index (χ0n) is 20.0. The van der Waals surface area contributed by atoms with E-state index in [-0.39, 0.29) is 12.6 Å². The fourth-order valence-corrected chi connectivity index (χ4v) is 5.27. The highest BCUT2D eigenvalue weighted by molar-refractivity contribution is 7.17. The molecule has 10 heteroatoms. The molecule has 3 aromatic heterocycles. The van der Waals surface area contributed by atoms with Crippen LogP contribution in [0.25, 0.3) is 32.4 Å². The number of pyridine rings is 1. The summed E-state index contributed by atoms with van der Waals surface area (Å²) in [5.74, 6) is -1.31. The summed E-state index contributed by atoms with van der Waals surface area (Å²) in [5.41, 5.74) is 2.37. The summed E-state index contributed by atoms with van der Waals surface area (Å²) in [5, 5.41) is 9.62. The van der Waals surface area contributed by atoms with Crippen LogP contribution in [-0.2, 0) is 4.79 Å². The first-order valence-electron chi connectivity index (χ1n) is 11.8. The molecule has 1 aliphatic heterocycles. The maximum atomic E-state index is 12.9. The first-order valence-corrected chi connectivity index (χ1v) is 12.7. The highest BCUT2D eigenvalue weighted by Gasteiger charge is 2.22. The molecule has 1 aliphatic rings. The van der Waals surface area contributed by atoms with Crippen LogP contribution in [0.3, 0.4) is 0 Å². The molecule has 5 rings (SSSR count). The molecule has 0 aliphatic carbocycles. The Hall–Kier alpha value is -3.63. The Morgan fingerprint density at radius 3 is 2.92 bits per heavy atom. The van der Waals surface area contributed by atoms with Crippen molar-refractivity contribution in [3.63, 3.8) is 0 Å². The number of amides is 1. The second-order valence-corrected chi connectivity index (χ2v) is 9.66. The Kier molecular flexibility index (Phi) is 7.06. The number of ether oxygens (including phenoxy) is 1. The summed E-state index contributed by atoms with van der Waals surface area (Å²) in [6, 6.07) is 12.7. The normalized spacial score (nSPS) is 15.9. The number of thiophene rings is 1. The number of hydrogen-bond acceptors (Lipinski definition) is 8. The van der Waals surface area contributed by atoms with Gasteiger partial charge in [0.05, 0.1) is 11.1 Å². The second kappa shape index (κ2) is 10.5. The number of carbonyl (C=O) groups excluding carboxylic acids is 1. The average Bonchev–Trinajstić information content (AvgIpc) is 3.53. The summed E-state index contributed by atoms with van der Waals surface area (Å²) in [6.07, 6.45) is 2.22. The van der Waals surface area contributed by atoms with Gasteiger partial charge < -0.3 is 20.3 Å². The van der Waals surface area contributed by atoms with Crippen molar-refractivity contribution in [3.05, 3.63) is 54.2 Å². The number of nitrogens with zero attached hydrogens (tertiary/aromatic N) is 4. The van der Waals surface area contributed by atoms with Gasteiger partial charge in [-0.3, -0.25) is 4.79 Å². The number of hydrogen-bond donors (Lipinski definition) is 2. The first kappa shape index (κ1) is 24.1. The summed E-state index contributed by atoms with van der Waals surface area (Å²) in [7, 11) is 2.09. The molecule has 36 heavy (non-hydrogen) atoms. The van der Waals surface area contributed by atoms with Crippen molar-refractivity contribution in [1.29, 1.82) is 0 Å². The van der Waals surface area contributed by atoms with Crippen molar-refractivity contribution in [2.75, 3.05) is 38.6 Å². The minimum Gasteiger partial charge on any atom is -0.462 e. The molecule has 4 aromatic rings. The van der Waals surface area contributed by atoms with E-state index < -0.39 is 11.7 Å². The molecule has 1 aromatic carbocycles. The van der Waals surface area contributed by atoms with Crippen LogP contribution in [0.2, 0.25) is 0 Å². The van der Waals surface area contributed by atoms with Crippen molar-refractivity contribution >= 4 is 44.2 Å². The van der Waals surface area contributed by atoms with E-state index in [1.165, 1.54) is 10.1 Å². The largest absolute Gasteiger partial charge is 0.462 e. The summed E-state index contributed by atoms with van der Waals surface area (Å²) in [4.78, 5) is 27.8. The van der Waals surface area contributed by atoms with Crippen molar-refractivity contribution in [2.45, 2.75) is 18.9 Å². The van der Waals surface area contributed by atoms with E-state index in [1.807, 2.05) is 18.2 Å². The molecule has 1 amide bonds. The highest BCUT2D eigenvalue weighted by atomic mass is 32.1. The Bertz CT molecular complexity index is 1420. The quantitative estimate of drug-likeness (QED) is 0.257. The zero-order chi connectivity index (χ0) is 25.1. The maximum absolute atomic E-state index is 12.9. The molecule has 186 valence electrons. The van der Waals surface area contributed by atoms with Crippen molar-refractivity contribution in [2.24, 2.45) is 0 Å². The standard InChI is InChI=1S/C26H27FN6O2S/c1-16(27)25(34)29-12-11-28-23-20-8-9-21(19-7-3-5-17-10-14-36-22(17)19)30-24(20)32-26(31-23)35-15-18-6-4-13-33(18)2/h3,5,7-10,14,18H,1,4,6,11-13,15H2,2H3,(H,29,34)(H,28,30,31,32)/t18-/m0/s1. The molecule has 0 bridgehead atoms. The zero-order valence-corrected chi connectivity index (χ0v) is 20.8. The number of fused-ring (bicyclic) bond motifs is 2. The smallest absolute Gasteiger partial charge is 0.320 e. The van der Waals surface area contributed by atoms with Gasteiger partial charge in [0.1, 0.15) is 12.4 Å². The van der Waals surface area contributed by atoms with E-state index in [0.717, 1.165) is 36.0 Å². The summed E-state index contributed by atoms with van der Waals surface area (Å²) in [6.45, 7) is 5.07. The van der Waals surface area contributed by atoms with E-state index in [4.69, 9.17) is 9.72 Å². The van der Waals surface area contributed by atoms with E-state index in [2.05, 4.69) is 62.7 Å². The van der Waals surface area contributed by atoms with E-state index >= 15 is 0 Å². The van der Waals surface area contributed by atoms with Crippen LogP contribution in [0.15, 0.2) is 54.2 Å².